The van der Waals surface area contributed by atoms with Gasteiger partial charge in [0.25, 0.3) is 0 Å². The van der Waals surface area contributed by atoms with E-state index in [9.17, 15) is 4.79 Å². The van der Waals surface area contributed by atoms with Crippen LogP contribution in [0.1, 0.15) is 10.4 Å². The average molecular weight is 269 g/mol. The summed E-state index contributed by atoms with van der Waals surface area (Å²) < 4.78 is 0. The number of nitrogens with zero attached hydrogens (tertiary/aromatic N) is 1. The van der Waals surface area contributed by atoms with Crippen LogP contribution in [0.15, 0.2) is 23.1 Å². The van der Waals surface area contributed by atoms with Crippen molar-refractivity contribution < 1.29 is 4.79 Å². The summed E-state index contributed by atoms with van der Waals surface area (Å²) in [6.07, 6.45) is 0. The highest BCUT2D eigenvalue weighted by Gasteiger charge is 2.19. The Morgan fingerprint density at radius 1 is 1.47 bits per heavy atom. The smallest absolute Gasteiger partial charge is 0.220 e. The number of thioether (sulfide) groups is 1. The van der Waals surface area contributed by atoms with Gasteiger partial charge in [0.1, 0.15) is 0 Å². The number of fused-ring (bicyclic) bond motifs is 1. The van der Waals surface area contributed by atoms with Crippen molar-refractivity contribution in [2.24, 2.45) is 0 Å². The fourth-order valence-electron chi connectivity index (χ4n) is 1.44. The number of hydrazine groups is 1. The Kier molecular flexibility index (Phi) is 4.33. The van der Waals surface area contributed by atoms with Gasteiger partial charge in [-0.15, -0.1) is 0 Å². The Morgan fingerprint density at radius 2 is 2.29 bits per heavy atom. The molecule has 1 aliphatic heterocycles. The van der Waals surface area contributed by atoms with Crippen molar-refractivity contribution in [3.63, 3.8) is 0 Å². The van der Waals surface area contributed by atoms with Crippen molar-refractivity contribution in [1.29, 1.82) is 0 Å². The van der Waals surface area contributed by atoms with E-state index in [2.05, 4.69) is 15.2 Å². The summed E-state index contributed by atoms with van der Waals surface area (Å²) in [5, 5.41) is 0.140. The second-order valence-corrected chi connectivity index (χ2v) is 5.83. The lowest BCUT2D eigenvalue weighted by atomic mass is 10.2. The Bertz CT molecular complexity index is 423. The SMILES string of the molecule is CN(C)CCSC(=O)c1cccc2c1SNN2. The third kappa shape index (κ3) is 3.16. The van der Waals surface area contributed by atoms with Gasteiger partial charge >= 0.3 is 0 Å². The van der Waals surface area contributed by atoms with Gasteiger partial charge in [-0.3, -0.25) is 4.79 Å². The van der Waals surface area contributed by atoms with E-state index in [4.69, 9.17) is 0 Å². The van der Waals surface area contributed by atoms with E-state index >= 15 is 0 Å². The lowest BCUT2D eigenvalue weighted by Crippen LogP contribution is -2.15. The first-order valence-electron chi connectivity index (χ1n) is 5.31. The molecule has 0 aliphatic carbocycles. The van der Waals surface area contributed by atoms with Crippen molar-refractivity contribution in [3.05, 3.63) is 23.8 Å². The quantitative estimate of drug-likeness (QED) is 0.816. The standard InChI is InChI=1S/C11H15N3OS2/c1-14(2)6-7-16-11(15)8-4-3-5-9-10(8)17-13-12-9/h3-5,12-13H,6-7H2,1-2H3. The minimum absolute atomic E-state index is 0.140. The Morgan fingerprint density at radius 3 is 3.06 bits per heavy atom. The maximum Gasteiger partial charge on any atom is 0.220 e. The second kappa shape index (κ2) is 5.77. The average Bonchev–Trinajstić information content (AvgIpc) is 2.75. The summed E-state index contributed by atoms with van der Waals surface area (Å²) in [6.45, 7) is 0.912. The number of hydrogen-bond acceptors (Lipinski definition) is 6. The number of carbonyl (C=O) groups excluding carboxylic acids is 1. The van der Waals surface area contributed by atoms with Gasteiger partial charge in [-0.1, -0.05) is 17.8 Å². The van der Waals surface area contributed by atoms with Crippen LogP contribution >= 0.6 is 23.7 Å². The molecule has 0 fully saturated rings. The second-order valence-electron chi connectivity index (χ2n) is 3.95. The molecule has 1 heterocycles. The van der Waals surface area contributed by atoms with E-state index in [0.717, 1.165) is 28.4 Å². The van der Waals surface area contributed by atoms with Gasteiger partial charge in [0, 0.05) is 17.9 Å². The highest BCUT2D eigenvalue weighted by atomic mass is 32.2. The fraction of sp³-hybridized carbons (Fsp3) is 0.364. The Labute approximate surface area is 110 Å². The molecule has 0 atom stereocenters. The number of carbonyl (C=O) groups is 1. The summed E-state index contributed by atoms with van der Waals surface area (Å²) in [4.78, 5) is 18.1. The molecule has 0 aromatic heterocycles. The number of nitrogens with one attached hydrogen (secondary N) is 2. The minimum Gasteiger partial charge on any atom is -0.310 e. The predicted octanol–water partition coefficient (Wildman–Crippen LogP) is 2.06. The van der Waals surface area contributed by atoms with Crippen LogP contribution in [0.5, 0.6) is 0 Å². The third-order valence-electron chi connectivity index (χ3n) is 2.35. The molecular formula is C11H15N3OS2. The first-order valence-corrected chi connectivity index (χ1v) is 7.11. The zero-order valence-corrected chi connectivity index (χ0v) is 11.5. The maximum absolute atomic E-state index is 12.1. The van der Waals surface area contributed by atoms with E-state index in [1.165, 1.54) is 23.7 Å². The van der Waals surface area contributed by atoms with Gasteiger partial charge in [-0.05, 0) is 38.2 Å². The van der Waals surface area contributed by atoms with Crippen molar-refractivity contribution >= 4 is 34.5 Å². The number of rotatable bonds is 4. The summed E-state index contributed by atoms with van der Waals surface area (Å²) in [7, 11) is 4.02. The lowest BCUT2D eigenvalue weighted by molar-refractivity contribution is 0.108. The number of benzene rings is 1. The van der Waals surface area contributed by atoms with Crippen LogP contribution in [0, 0.1) is 0 Å². The van der Waals surface area contributed by atoms with Gasteiger partial charge in [0.15, 0.2) is 0 Å². The molecule has 92 valence electrons. The first kappa shape index (κ1) is 12.8. The van der Waals surface area contributed by atoms with Crippen LogP contribution in [0.2, 0.25) is 0 Å². The van der Waals surface area contributed by atoms with E-state index in [-0.39, 0.29) is 5.12 Å². The maximum atomic E-state index is 12.1. The molecule has 0 saturated carbocycles. The van der Waals surface area contributed by atoms with Crippen molar-refractivity contribution in [2.45, 2.75) is 4.90 Å². The Balaban J connectivity index is 2.02. The van der Waals surface area contributed by atoms with Crippen molar-refractivity contribution in [2.75, 3.05) is 31.8 Å². The molecule has 1 aromatic rings. The van der Waals surface area contributed by atoms with Gasteiger partial charge in [0.2, 0.25) is 5.12 Å². The van der Waals surface area contributed by atoms with E-state index < -0.39 is 0 Å². The van der Waals surface area contributed by atoms with E-state index in [1.807, 2.05) is 32.3 Å². The molecule has 0 saturated heterocycles. The highest BCUT2D eigenvalue weighted by molar-refractivity contribution is 8.14. The fourth-order valence-corrected chi connectivity index (χ4v) is 3.23. The van der Waals surface area contributed by atoms with Gasteiger partial charge in [-0.2, -0.15) is 4.83 Å². The molecule has 0 radical (unpaired) electrons. The molecule has 1 aliphatic rings. The Hall–Kier alpha value is -0.690. The molecule has 0 spiro atoms. The molecule has 0 bridgehead atoms. The summed E-state index contributed by atoms with van der Waals surface area (Å²) in [6, 6.07) is 5.74. The van der Waals surface area contributed by atoms with Crippen molar-refractivity contribution in [3.8, 4) is 0 Å². The predicted molar refractivity (Wildman–Crippen MR) is 74.4 cm³/mol. The van der Waals surface area contributed by atoms with Gasteiger partial charge < -0.3 is 10.3 Å². The topological polar surface area (TPSA) is 44.4 Å². The molecule has 0 unspecified atom stereocenters. The van der Waals surface area contributed by atoms with Crippen LogP contribution < -0.4 is 10.3 Å². The van der Waals surface area contributed by atoms with E-state index in [1.54, 1.807) is 0 Å². The van der Waals surface area contributed by atoms with Crippen molar-refractivity contribution in [1.82, 2.24) is 9.73 Å². The highest BCUT2D eigenvalue weighted by Crippen LogP contribution is 2.35. The van der Waals surface area contributed by atoms with Gasteiger partial charge in [-0.25, -0.2) is 0 Å². The van der Waals surface area contributed by atoms with Crippen LogP contribution in [0.25, 0.3) is 0 Å². The summed E-state index contributed by atoms with van der Waals surface area (Å²) >= 11 is 2.83. The third-order valence-corrected chi connectivity index (χ3v) is 4.06. The normalized spacial score (nSPS) is 13.6. The van der Waals surface area contributed by atoms with E-state index in [0.29, 0.717) is 0 Å². The van der Waals surface area contributed by atoms with Crippen LogP contribution in [-0.2, 0) is 0 Å². The number of anilines is 1. The van der Waals surface area contributed by atoms with Crippen LogP contribution in [0.4, 0.5) is 5.69 Å². The minimum atomic E-state index is 0.140. The molecule has 0 amide bonds. The molecule has 2 N–H and O–H groups in total. The molecule has 1 aromatic carbocycles. The summed E-state index contributed by atoms with van der Waals surface area (Å²) in [5.74, 6) is 0.820. The summed E-state index contributed by atoms with van der Waals surface area (Å²) in [5.41, 5.74) is 4.78. The molecule has 2 rings (SSSR count). The van der Waals surface area contributed by atoms with Crippen LogP contribution in [0.3, 0.4) is 0 Å². The molecule has 17 heavy (non-hydrogen) atoms. The largest absolute Gasteiger partial charge is 0.310 e. The zero-order chi connectivity index (χ0) is 12.3. The lowest BCUT2D eigenvalue weighted by Gasteiger charge is -2.09. The van der Waals surface area contributed by atoms with Crippen LogP contribution in [-0.4, -0.2) is 36.4 Å². The molecule has 4 nitrogen and oxygen atoms in total. The first-order chi connectivity index (χ1) is 8.18. The molecular weight excluding hydrogens is 254 g/mol. The van der Waals surface area contributed by atoms with Gasteiger partial charge in [0.05, 0.1) is 10.6 Å². The number of hydrogen-bond donors (Lipinski definition) is 2. The zero-order valence-electron chi connectivity index (χ0n) is 9.82. The monoisotopic (exact) mass is 269 g/mol. The molecule has 6 heteroatoms.